The molecule has 0 spiro atoms. The predicted molar refractivity (Wildman–Crippen MR) is 115 cm³/mol. The Morgan fingerprint density at radius 3 is 2.55 bits per heavy atom. The Labute approximate surface area is 173 Å². The average molecular weight is 407 g/mol. The van der Waals surface area contributed by atoms with Gasteiger partial charge >= 0.3 is 0 Å². The van der Waals surface area contributed by atoms with Gasteiger partial charge in [-0.3, -0.25) is 4.98 Å². The monoisotopic (exact) mass is 406 g/mol. The molecule has 0 saturated carbocycles. The minimum atomic E-state index is 0.623. The summed E-state index contributed by atoms with van der Waals surface area (Å²) in [6.45, 7) is 1.84. The van der Waals surface area contributed by atoms with Crippen molar-refractivity contribution < 1.29 is 9.47 Å². The molecule has 0 bridgehead atoms. The van der Waals surface area contributed by atoms with Crippen LogP contribution in [0.1, 0.15) is 5.82 Å². The topological polar surface area (TPSA) is 69.2 Å². The molecule has 0 saturated heterocycles. The van der Waals surface area contributed by atoms with Gasteiger partial charge in [0.15, 0.2) is 0 Å². The zero-order chi connectivity index (χ0) is 20.4. The van der Waals surface area contributed by atoms with Crippen molar-refractivity contribution in [2.45, 2.75) is 6.92 Å². The summed E-state index contributed by atoms with van der Waals surface area (Å²) in [6, 6.07) is 15.1. The van der Waals surface area contributed by atoms with E-state index in [2.05, 4.69) is 20.3 Å². The number of nitrogens with one attached hydrogen (secondary N) is 1. The zero-order valence-electron chi connectivity index (χ0n) is 16.2. The van der Waals surface area contributed by atoms with Crippen LogP contribution in [0.25, 0.3) is 22.2 Å². The molecule has 0 aliphatic rings. The lowest BCUT2D eigenvalue weighted by Gasteiger charge is -2.14. The second-order valence-electron chi connectivity index (χ2n) is 6.38. The first-order valence-electron chi connectivity index (χ1n) is 8.97. The van der Waals surface area contributed by atoms with E-state index in [1.165, 1.54) is 0 Å². The molecule has 6 nitrogen and oxygen atoms in total. The highest BCUT2D eigenvalue weighted by molar-refractivity contribution is 6.33. The minimum Gasteiger partial charge on any atom is -0.497 e. The fraction of sp³-hybridized carbons (Fsp3) is 0.136. The van der Waals surface area contributed by atoms with Crippen LogP contribution in [0, 0.1) is 6.92 Å². The molecule has 0 aliphatic carbocycles. The lowest BCUT2D eigenvalue weighted by atomic mass is 10.1. The summed E-state index contributed by atoms with van der Waals surface area (Å²) in [5, 5.41) is 4.80. The Morgan fingerprint density at radius 1 is 0.966 bits per heavy atom. The normalized spacial score (nSPS) is 10.8. The number of anilines is 2. The number of pyridine rings is 1. The summed E-state index contributed by atoms with van der Waals surface area (Å²) in [4.78, 5) is 13.5. The molecule has 0 amide bonds. The minimum absolute atomic E-state index is 0.623. The first-order valence-corrected chi connectivity index (χ1v) is 9.35. The lowest BCUT2D eigenvalue weighted by Crippen LogP contribution is -2.01. The standard InChI is InChI=1S/C22H19ClN4O2/c1-13-25-21-17(11-15(28-2)12-20(21)29-3)22(26-13)27-14-7-8-18(23)16(10-14)19-6-4-5-9-24-19/h4-12H,1-3H3,(H,25,26,27). The molecule has 1 N–H and O–H groups in total. The summed E-state index contributed by atoms with van der Waals surface area (Å²) in [5.74, 6) is 2.56. The number of rotatable bonds is 5. The van der Waals surface area contributed by atoms with Crippen molar-refractivity contribution in [2.24, 2.45) is 0 Å². The van der Waals surface area contributed by atoms with Crippen LogP contribution >= 0.6 is 11.6 Å². The van der Waals surface area contributed by atoms with E-state index in [-0.39, 0.29) is 0 Å². The van der Waals surface area contributed by atoms with Crippen molar-refractivity contribution in [3.05, 3.63) is 65.6 Å². The summed E-state index contributed by atoms with van der Waals surface area (Å²) >= 11 is 6.41. The van der Waals surface area contributed by atoms with Crippen LogP contribution in [0.3, 0.4) is 0 Å². The maximum Gasteiger partial charge on any atom is 0.148 e. The second kappa shape index (κ2) is 7.93. The number of benzene rings is 2. The molecule has 0 atom stereocenters. The summed E-state index contributed by atoms with van der Waals surface area (Å²) in [7, 11) is 3.22. The van der Waals surface area contributed by atoms with Crippen LogP contribution in [0.5, 0.6) is 11.5 Å². The molecule has 0 unspecified atom stereocenters. The van der Waals surface area contributed by atoms with Crippen LogP contribution in [-0.4, -0.2) is 29.2 Å². The van der Waals surface area contributed by atoms with Gasteiger partial charge in [-0.25, -0.2) is 9.97 Å². The highest BCUT2D eigenvalue weighted by atomic mass is 35.5. The number of ether oxygens (including phenoxy) is 2. The first kappa shape index (κ1) is 19.0. The number of hydrogen-bond acceptors (Lipinski definition) is 6. The van der Waals surface area contributed by atoms with E-state index in [9.17, 15) is 0 Å². The first-order chi connectivity index (χ1) is 14.1. The van der Waals surface area contributed by atoms with E-state index < -0.39 is 0 Å². The van der Waals surface area contributed by atoms with Crippen molar-refractivity contribution >= 4 is 34.0 Å². The third-order valence-corrected chi connectivity index (χ3v) is 4.81. The van der Waals surface area contributed by atoms with E-state index in [0.717, 1.165) is 22.3 Å². The van der Waals surface area contributed by atoms with Gasteiger partial charge in [-0.2, -0.15) is 0 Å². The Kier molecular flexibility index (Phi) is 5.18. The van der Waals surface area contributed by atoms with Crippen LogP contribution in [-0.2, 0) is 0 Å². The third-order valence-electron chi connectivity index (χ3n) is 4.48. The summed E-state index contributed by atoms with van der Waals surface area (Å²) in [6.07, 6.45) is 1.74. The van der Waals surface area contributed by atoms with Crippen LogP contribution < -0.4 is 14.8 Å². The molecular weight excluding hydrogens is 388 g/mol. The molecule has 0 fully saturated rings. The lowest BCUT2D eigenvalue weighted by molar-refractivity contribution is 0.397. The highest BCUT2D eigenvalue weighted by Gasteiger charge is 2.14. The number of nitrogens with zero attached hydrogens (tertiary/aromatic N) is 3. The van der Waals surface area contributed by atoms with Crippen molar-refractivity contribution in [3.63, 3.8) is 0 Å². The molecule has 2 aromatic heterocycles. The Balaban J connectivity index is 1.82. The van der Waals surface area contributed by atoms with E-state index in [1.54, 1.807) is 26.5 Å². The van der Waals surface area contributed by atoms with Gasteiger partial charge in [0.05, 0.1) is 30.3 Å². The van der Waals surface area contributed by atoms with Gasteiger partial charge in [-0.05, 0) is 43.3 Å². The van der Waals surface area contributed by atoms with Gasteiger partial charge in [0, 0.05) is 23.5 Å². The summed E-state index contributed by atoms with van der Waals surface area (Å²) < 4.78 is 10.9. The van der Waals surface area contributed by atoms with Gasteiger partial charge < -0.3 is 14.8 Å². The Hall–Kier alpha value is -3.38. The van der Waals surface area contributed by atoms with E-state index in [4.69, 9.17) is 21.1 Å². The van der Waals surface area contributed by atoms with Crippen LogP contribution in [0.4, 0.5) is 11.5 Å². The second-order valence-corrected chi connectivity index (χ2v) is 6.79. The maximum atomic E-state index is 6.41. The molecule has 146 valence electrons. The fourth-order valence-electron chi connectivity index (χ4n) is 3.11. The molecule has 4 aromatic rings. The Morgan fingerprint density at radius 2 is 1.83 bits per heavy atom. The largest absolute Gasteiger partial charge is 0.497 e. The third kappa shape index (κ3) is 3.79. The molecule has 4 rings (SSSR count). The molecule has 0 aliphatic heterocycles. The van der Waals surface area contributed by atoms with Gasteiger partial charge in [0.25, 0.3) is 0 Å². The van der Waals surface area contributed by atoms with Crippen molar-refractivity contribution in [3.8, 4) is 22.8 Å². The van der Waals surface area contributed by atoms with Crippen LogP contribution in [0.15, 0.2) is 54.7 Å². The smallest absolute Gasteiger partial charge is 0.148 e. The fourth-order valence-corrected chi connectivity index (χ4v) is 3.33. The molecule has 7 heteroatoms. The molecule has 0 radical (unpaired) electrons. The van der Waals surface area contributed by atoms with Gasteiger partial charge in [-0.15, -0.1) is 0 Å². The van der Waals surface area contributed by atoms with E-state index >= 15 is 0 Å². The summed E-state index contributed by atoms with van der Waals surface area (Å²) in [5.41, 5.74) is 3.18. The molecule has 2 aromatic carbocycles. The van der Waals surface area contributed by atoms with Gasteiger partial charge in [0.1, 0.15) is 28.7 Å². The molecule has 29 heavy (non-hydrogen) atoms. The van der Waals surface area contributed by atoms with Crippen molar-refractivity contribution in [2.75, 3.05) is 19.5 Å². The number of aryl methyl sites for hydroxylation is 1. The number of aromatic nitrogens is 3. The molecule has 2 heterocycles. The number of fused-ring (bicyclic) bond motifs is 1. The number of halogens is 1. The predicted octanol–water partition coefficient (Wildman–Crippen LogP) is 5.41. The molecular formula is C22H19ClN4O2. The highest BCUT2D eigenvalue weighted by Crippen LogP contribution is 2.35. The number of hydrogen-bond donors (Lipinski definition) is 1. The van der Waals surface area contributed by atoms with Crippen molar-refractivity contribution in [1.82, 2.24) is 15.0 Å². The van der Waals surface area contributed by atoms with Gasteiger partial charge in [-0.1, -0.05) is 17.7 Å². The van der Waals surface area contributed by atoms with Crippen LogP contribution in [0.2, 0.25) is 5.02 Å². The maximum absolute atomic E-state index is 6.41. The average Bonchev–Trinajstić information content (AvgIpc) is 2.75. The van der Waals surface area contributed by atoms with Gasteiger partial charge in [0.2, 0.25) is 0 Å². The SMILES string of the molecule is COc1cc(OC)c2nc(C)nc(Nc3ccc(Cl)c(-c4ccccn4)c3)c2c1. The van der Waals surface area contributed by atoms with E-state index in [1.807, 2.05) is 49.4 Å². The number of methoxy groups -OCH3 is 2. The quantitative estimate of drug-likeness (QED) is 0.477. The zero-order valence-corrected chi connectivity index (χ0v) is 17.0. The van der Waals surface area contributed by atoms with E-state index in [0.29, 0.717) is 33.7 Å². The van der Waals surface area contributed by atoms with Crippen molar-refractivity contribution in [1.29, 1.82) is 0 Å². The Bertz CT molecular complexity index is 1180.